The molecule has 0 spiro atoms. The summed E-state index contributed by atoms with van der Waals surface area (Å²) in [4.78, 5) is 21.7. The Morgan fingerprint density at radius 3 is 0.812 bits per heavy atom. The second-order valence-electron chi connectivity index (χ2n) is 8.43. The van der Waals surface area contributed by atoms with Crippen molar-refractivity contribution in [2.45, 2.75) is 110 Å². The summed E-state index contributed by atoms with van der Waals surface area (Å²) in [7, 11) is -2.62. The maximum Gasteiger partial charge on any atom is 0.324 e. The first-order chi connectivity index (χ1) is 15.4. The lowest BCUT2D eigenvalue weighted by atomic mass is 9.93. The standard InChI is InChI=1S/C18H38O.C5H12O4.H3O3P/c1-2-3-4-5-6-7-8-9-10-11-12-13-14-15-16-17-18-19;6-1-5(2-7,3-8)4-9;1-4(2)3/h19H,2-18H2,1H3;6-9H,1-4H2;1-3H. The Morgan fingerprint density at radius 1 is 0.438 bits per heavy atom. The molecule has 0 rings (SSSR count). The Hall–Kier alpha value is 0.110. The Bertz CT molecular complexity index is 282. The second-order valence-corrected chi connectivity index (χ2v) is 8.96. The lowest BCUT2D eigenvalue weighted by Crippen LogP contribution is -2.37. The number of hydrogen-bond acceptors (Lipinski definition) is 8. The van der Waals surface area contributed by atoms with Gasteiger partial charge >= 0.3 is 8.60 Å². The molecule has 0 aliphatic rings. The van der Waals surface area contributed by atoms with Crippen LogP contribution in [0.15, 0.2) is 0 Å². The van der Waals surface area contributed by atoms with Gasteiger partial charge in [0.05, 0.1) is 31.8 Å². The zero-order valence-corrected chi connectivity index (χ0v) is 21.3. The third kappa shape index (κ3) is 32.3. The predicted octanol–water partition coefficient (Wildman–Crippen LogP) is 3.37. The average Bonchev–Trinajstić information content (AvgIpc) is 2.78. The van der Waals surface area contributed by atoms with Crippen LogP contribution in [0.4, 0.5) is 0 Å². The highest BCUT2D eigenvalue weighted by molar-refractivity contribution is 7.38. The smallest absolute Gasteiger partial charge is 0.324 e. The van der Waals surface area contributed by atoms with E-state index in [1.54, 1.807) is 0 Å². The molecule has 8 N–H and O–H groups in total. The SMILES string of the molecule is CCCCCCCCCCCCCCCCCCO.OCC(CO)(CO)CO.OP(O)O. The van der Waals surface area contributed by atoms with Crippen molar-refractivity contribution >= 4 is 8.60 Å². The average molecular weight is 489 g/mol. The van der Waals surface area contributed by atoms with Crippen molar-refractivity contribution in [3.63, 3.8) is 0 Å². The molecule has 0 heterocycles. The first-order valence-electron chi connectivity index (χ1n) is 12.3. The fraction of sp³-hybridized carbons (Fsp3) is 1.00. The second kappa shape index (κ2) is 31.1. The summed E-state index contributed by atoms with van der Waals surface area (Å²) in [6.07, 6.45) is 22.2. The van der Waals surface area contributed by atoms with Crippen LogP contribution in [-0.4, -0.2) is 73.2 Å². The van der Waals surface area contributed by atoms with Crippen molar-refractivity contribution in [3.8, 4) is 0 Å². The van der Waals surface area contributed by atoms with Gasteiger partial charge in [0.25, 0.3) is 0 Å². The van der Waals surface area contributed by atoms with E-state index >= 15 is 0 Å². The quantitative estimate of drug-likeness (QED) is 0.0955. The van der Waals surface area contributed by atoms with Crippen LogP contribution in [0.2, 0.25) is 0 Å². The highest BCUT2D eigenvalue weighted by Crippen LogP contribution is 2.14. The van der Waals surface area contributed by atoms with Crippen molar-refractivity contribution in [3.05, 3.63) is 0 Å². The van der Waals surface area contributed by atoms with Gasteiger partial charge in [0.15, 0.2) is 0 Å². The Labute approximate surface area is 197 Å². The summed E-state index contributed by atoms with van der Waals surface area (Å²) in [6.45, 7) is 1.03. The maximum atomic E-state index is 8.67. The minimum atomic E-state index is -2.62. The molecule has 32 heavy (non-hydrogen) atoms. The third-order valence-corrected chi connectivity index (χ3v) is 5.35. The molecule has 0 aromatic rings. The zero-order valence-electron chi connectivity index (χ0n) is 20.4. The Morgan fingerprint density at radius 2 is 0.656 bits per heavy atom. The molecule has 0 aliphatic heterocycles. The van der Waals surface area contributed by atoms with Crippen LogP contribution in [-0.2, 0) is 0 Å². The predicted molar refractivity (Wildman–Crippen MR) is 131 cm³/mol. The van der Waals surface area contributed by atoms with E-state index in [1.807, 2.05) is 0 Å². The van der Waals surface area contributed by atoms with E-state index < -0.39 is 40.4 Å². The minimum absolute atomic E-state index is 0.373. The van der Waals surface area contributed by atoms with E-state index in [9.17, 15) is 0 Å². The largest absolute Gasteiger partial charge is 0.396 e. The first kappa shape index (κ1) is 36.7. The number of hydrogen-bond donors (Lipinski definition) is 8. The summed E-state index contributed by atoms with van der Waals surface area (Å²) < 4.78 is 0. The van der Waals surface area contributed by atoms with Gasteiger partial charge in [-0.05, 0) is 6.42 Å². The van der Waals surface area contributed by atoms with Gasteiger partial charge in [0.2, 0.25) is 0 Å². The summed E-state index contributed by atoms with van der Waals surface area (Å²) >= 11 is 0. The molecule has 0 atom stereocenters. The fourth-order valence-corrected chi connectivity index (χ4v) is 2.96. The van der Waals surface area contributed by atoms with Crippen molar-refractivity contribution in [2.24, 2.45) is 5.41 Å². The van der Waals surface area contributed by atoms with Crippen LogP contribution < -0.4 is 0 Å². The maximum absolute atomic E-state index is 8.67. The van der Waals surface area contributed by atoms with Crippen molar-refractivity contribution in [1.82, 2.24) is 0 Å². The van der Waals surface area contributed by atoms with Gasteiger partial charge < -0.3 is 40.2 Å². The molecule has 0 radical (unpaired) electrons. The monoisotopic (exact) mass is 488 g/mol. The van der Waals surface area contributed by atoms with Gasteiger partial charge in [-0.1, -0.05) is 103 Å². The van der Waals surface area contributed by atoms with Crippen LogP contribution in [0.25, 0.3) is 0 Å². The molecule has 0 aromatic heterocycles. The molecule has 0 amide bonds. The van der Waals surface area contributed by atoms with Gasteiger partial charge in [0, 0.05) is 6.61 Å². The number of rotatable bonds is 20. The summed E-state index contributed by atoms with van der Waals surface area (Å²) in [5.41, 5.74) is -1.11. The van der Waals surface area contributed by atoms with Gasteiger partial charge in [-0.2, -0.15) is 0 Å². The summed E-state index contributed by atoms with van der Waals surface area (Å²) in [5, 5.41) is 42.7. The van der Waals surface area contributed by atoms with Crippen LogP contribution in [0.3, 0.4) is 0 Å². The molecule has 0 saturated heterocycles. The van der Waals surface area contributed by atoms with Crippen molar-refractivity contribution in [2.75, 3.05) is 33.0 Å². The molecule has 198 valence electrons. The number of aliphatic hydroxyl groups is 5. The van der Waals surface area contributed by atoms with Crippen molar-refractivity contribution in [1.29, 1.82) is 0 Å². The van der Waals surface area contributed by atoms with E-state index in [0.29, 0.717) is 6.61 Å². The normalized spacial score (nSPS) is 11.1. The first-order valence-corrected chi connectivity index (χ1v) is 13.5. The van der Waals surface area contributed by atoms with Gasteiger partial charge in [0.1, 0.15) is 0 Å². The fourth-order valence-electron chi connectivity index (χ4n) is 2.96. The van der Waals surface area contributed by atoms with E-state index in [1.165, 1.54) is 96.3 Å². The van der Waals surface area contributed by atoms with E-state index in [4.69, 9.17) is 40.2 Å². The lowest BCUT2D eigenvalue weighted by Gasteiger charge is -2.23. The molecular weight excluding hydrogens is 435 g/mol. The Kier molecular flexibility index (Phi) is 35.7. The van der Waals surface area contributed by atoms with Gasteiger partial charge in [-0.15, -0.1) is 0 Å². The molecule has 0 aromatic carbocycles. The zero-order chi connectivity index (χ0) is 24.9. The van der Waals surface area contributed by atoms with Gasteiger partial charge in [-0.25, -0.2) is 0 Å². The summed E-state index contributed by atoms with van der Waals surface area (Å²) in [6, 6.07) is 0. The third-order valence-electron chi connectivity index (χ3n) is 5.35. The van der Waals surface area contributed by atoms with Crippen LogP contribution >= 0.6 is 8.60 Å². The molecule has 0 bridgehead atoms. The van der Waals surface area contributed by atoms with Gasteiger partial charge in [-0.3, -0.25) is 0 Å². The highest BCUT2D eigenvalue weighted by atomic mass is 31.2. The molecule has 0 aliphatic carbocycles. The highest BCUT2D eigenvalue weighted by Gasteiger charge is 2.26. The summed E-state index contributed by atoms with van der Waals surface area (Å²) in [5.74, 6) is 0. The Balaban J connectivity index is -0.000000533. The number of unbranched alkanes of at least 4 members (excludes halogenated alkanes) is 15. The minimum Gasteiger partial charge on any atom is -0.396 e. The molecular formula is C23H53O8P. The van der Waals surface area contributed by atoms with E-state index in [2.05, 4.69) is 6.92 Å². The number of aliphatic hydroxyl groups excluding tert-OH is 5. The van der Waals surface area contributed by atoms with Crippen LogP contribution in [0.1, 0.15) is 110 Å². The van der Waals surface area contributed by atoms with Crippen molar-refractivity contribution < 1.29 is 40.2 Å². The lowest BCUT2D eigenvalue weighted by molar-refractivity contribution is -0.0328. The molecule has 0 unspecified atom stereocenters. The molecule has 0 fully saturated rings. The van der Waals surface area contributed by atoms with E-state index in [-0.39, 0.29) is 0 Å². The van der Waals surface area contributed by atoms with Crippen LogP contribution in [0.5, 0.6) is 0 Å². The molecule has 8 nitrogen and oxygen atoms in total. The van der Waals surface area contributed by atoms with Crippen LogP contribution in [0, 0.1) is 5.41 Å². The topological polar surface area (TPSA) is 162 Å². The van der Waals surface area contributed by atoms with E-state index in [0.717, 1.165) is 6.42 Å². The molecule has 0 saturated carbocycles. The molecule has 9 heteroatoms.